The van der Waals surface area contributed by atoms with Gasteiger partial charge in [0, 0.05) is 19.6 Å². The Hall–Kier alpha value is -0.0900. The van der Waals surface area contributed by atoms with Crippen molar-refractivity contribution in [3.63, 3.8) is 0 Å². The number of aliphatic imine (C=N–C) groups is 1. The summed E-state index contributed by atoms with van der Waals surface area (Å²) in [4.78, 5) is 7.72. The molecule has 0 radical (unpaired) electrons. The second-order valence-corrected chi connectivity index (χ2v) is 6.48. The fourth-order valence-electron chi connectivity index (χ4n) is 3.53. The van der Waals surface area contributed by atoms with Crippen LogP contribution in [0.2, 0.25) is 0 Å². The SMILES string of the molecule is CCC/N=C(\N(CCC)CCC)[N+](CCC)(CCC)CCC.[Br-]. The van der Waals surface area contributed by atoms with Gasteiger partial charge in [0.1, 0.15) is 0 Å². The molecule has 3 nitrogen and oxygen atoms in total. The van der Waals surface area contributed by atoms with E-state index in [0.717, 1.165) is 30.5 Å². The molecular formula is C19H42BrN3. The van der Waals surface area contributed by atoms with Gasteiger partial charge in [0.15, 0.2) is 0 Å². The first-order valence-corrected chi connectivity index (χ1v) is 9.81. The predicted molar refractivity (Wildman–Crippen MR) is 100 cm³/mol. The van der Waals surface area contributed by atoms with Crippen molar-refractivity contribution >= 4 is 5.96 Å². The maximum absolute atomic E-state index is 5.12. The summed E-state index contributed by atoms with van der Waals surface area (Å²) in [5.41, 5.74) is 0. The molecule has 0 aromatic heterocycles. The van der Waals surface area contributed by atoms with E-state index >= 15 is 0 Å². The quantitative estimate of drug-likeness (QED) is 0.282. The number of halogens is 1. The highest BCUT2D eigenvalue weighted by Crippen LogP contribution is 2.18. The molecule has 0 aromatic carbocycles. The smallest absolute Gasteiger partial charge is 0.300 e. The molecule has 0 saturated heterocycles. The van der Waals surface area contributed by atoms with Gasteiger partial charge in [-0.15, -0.1) is 0 Å². The number of rotatable bonds is 12. The highest BCUT2D eigenvalue weighted by molar-refractivity contribution is 5.73. The molecule has 0 unspecified atom stereocenters. The normalized spacial score (nSPS) is 12.2. The Morgan fingerprint density at radius 1 is 0.696 bits per heavy atom. The van der Waals surface area contributed by atoms with Crippen molar-refractivity contribution in [2.75, 3.05) is 39.3 Å². The summed E-state index contributed by atoms with van der Waals surface area (Å²) in [5, 5.41) is 0. The first kappa shape index (κ1) is 25.2. The lowest BCUT2D eigenvalue weighted by atomic mass is 10.2. The molecule has 0 amide bonds. The summed E-state index contributed by atoms with van der Waals surface area (Å²) in [5.74, 6) is 1.39. The standard InChI is InChI=1S/C19H42N3.BrH/c1-7-13-20-19(21(14-8-2)15-9-3)22(16-10-4,17-11-5)18-12-6;/h7-18H2,1-6H3;1H/q+1;/p-1/b20-19+;. The van der Waals surface area contributed by atoms with E-state index in [1.54, 1.807) is 0 Å². The number of quaternary nitrogens is 1. The molecule has 0 fully saturated rings. The third-order valence-electron chi connectivity index (χ3n) is 4.13. The number of hydrogen-bond donors (Lipinski definition) is 0. The van der Waals surface area contributed by atoms with Crippen LogP contribution < -0.4 is 17.0 Å². The Kier molecular flexibility index (Phi) is 16.9. The summed E-state index contributed by atoms with van der Waals surface area (Å²) in [6, 6.07) is 0. The van der Waals surface area contributed by atoms with E-state index in [1.807, 2.05) is 0 Å². The largest absolute Gasteiger partial charge is 1.00 e. The average molecular weight is 392 g/mol. The zero-order valence-electron chi connectivity index (χ0n) is 16.7. The number of guanidine groups is 1. The van der Waals surface area contributed by atoms with Crippen LogP contribution >= 0.6 is 0 Å². The average Bonchev–Trinajstić information content (AvgIpc) is 2.49. The maximum Gasteiger partial charge on any atom is 0.300 e. The lowest BCUT2D eigenvalue weighted by Crippen LogP contribution is -3.00. The van der Waals surface area contributed by atoms with Gasteiger partial charge in [0.05, 0.1) is 19.6 Å². The molecule has 0 bridgehead atoms. The van der Waals surface area contributed by atoms with Crippen molar-refractivity contribution in [2.45, 2.75) is 80.1 Å². The Morgan fingerprint density at radius 3 is 1.43 bits per heavy atom. The molecule has 0 spiro atoms. The molecule has 0 aliphatic rings. The number of nitrogens with zero attached hydrogens (tertiary/aromatic N) is 3. The van der Waals surface area contributed by atoms with Gasteiger partial charge >= 0.3 is 0 Å². The summed E-state index contributed by atoms with van der Waals surface area (Å²) in [6.07, 6.45) is 7.25. The van der Waals surface area contributed by atoms with E-state index in [0.29, 0.717) is 0 Å². The molecule has 4 heteroatoms. The van der Waals surface area contributed by atoms with Crippen molar-refractivity contribution in [1.82, 2.24) is 4.90 Å². The lowest BCUT2D eigenvalue weighted by molar-refractivity contribution is -0.847. The third kappa shape index (κ3) is 8.53. The van der Waals surface area contributed by atoms with Crippen LogP contribution in [0.5, 0.6) is 0 Å². The fraction of sp³-hybridized carbons (Fsp3) is 0.947. The van der Waals surface area contributed by atoms with Crippen molar-refractivity contribution in [2.24, 2.45) is 4.99 Å². The first-order chi connectivity index (χ1) is 10.7. The predicted octanol–water partition coefficient (Wildman–Crippen LogP) is 1.93. The van der Waals surface area contributed by atoms with Gasteiger partial charge in [0.2, 0.25) is 0 Å². The molecule has 0 heterocycles. The van der Waals surface area contributed by atoms with Crippen LogP contribution in [0.25, 0.3) is 0 Å². The molecule has 0 atom stereocenters. The van der Waals surface area contributed by atoms with E-state index in [9.17, 15) is 0 Å². The molecule has 23 heavy (non-hydrogen) atoms. The van der Waals surface area contributed by atoms with Crippen LogP contribution in [0, 0.1) is 0 Å². The highest BCUT2D eigenvalue weighted by atomic mass is 79.9. The summed E-state index contributed by atoms with van der Waals surface area (Å²) in [7, 11) is 0. The van der Waals surface area contributed by atoms with Crippen LogP contribution in [-0.4, -0.2) is 54.6 Å². The minimum Gasteiger partial charge on any atom is -1.00 e. The molecule has 0 aliphatic carbocycles. The van der Waals surface area contributed by atoms with Gasteiger partial charge in [-0.25, -0.2) is 4.99 Å². The molecule has 0 rings (SSSR count). The zero-order chi connectivity index (χ0) is 16.8. The van der Waals surface area contributed by atoms with Crippen molar-refractivity contribution in [1.29, 1.82) is 0 Å². The minimum atomic E-state index is 0. The molecular weight excluding hydrogens is 350 g/mol. The van der Waals surface area contributed by atoms with E-state index in [4.69, 9.17) is 4.99 Å². The van der Waals surface area contributed by atoms with Crippen LogP contribution in [0.15, 0.2) is 4.99 Å². The molecule has 0 saturated carbocycles. The van der Waals surface area contributed by atoms with Gasteiger partial charge in [-0.3, -0.25) is 4.48 Å². The molecule has 0 aliphatic heterocycles. The second kappa shape index (κ2) is 15.4. The van der Waals surface area contributed by atoms with Crippen LogP contribution in [0.4, 0.5) is 0 Å². The second-order valence-electron chi connectivity index (χ2n) is 6.48. The Morgan fingerprint density at radius 2 is 1.13 bits per heavy atom. The fourth-order valence-corrected chi connectivity index (χ4v) is 3.53. The van der Waals surface area contributed by atoms with E-state index < -0.39 is 0 Å². The van der Waals surface area contributed by atoms with Gasteiger partial charge in [-0.2, -0.15) is 0 Å². The maximum atomic E-state index is 5.12. The molecule has 0 aromatic rings. The van der Waals surface area contributed by atoms with Crippen molar-refractivity contribution in [3.05, 3.63) is 0 Å². The first-order valence-electron chi connectivity index (χ1n) is 9.81. The summed E-state index contributed by atoms with van der Waals surface area (Å²) < 4.78 is 1.10. The van der Waals surface area contributed by atoms with Gasteiger partial charge < -0.3 is 21.9 Å². The van der Waals surface area contributed by atoms with Crippen LogP contribution in [0.1, 0.15) is 80.1 Å². The number of hydrogen-bond acceptors (Lipinski definition) is 1. The molecule has 0 N–H and O–H groups in total. The van der Waals surface area contributed by atoms with E-state index in [2.05, 4.69) is 46.4 Å². The zero-order valence-corrected chi connectivity index (χ0v) is 18.3. The van der Waals surface area contributed by atoms with E-state index in [1.165, 1.54) is 57.7 Å². The molecule has 140 valence electrons. The van der Waals surface area contributed by atoms with Gasteiger partial charge in [-0.1, -0.05) is 41.5 Å². The van der Waals surface area contributed by atoms with Gasteiger partial charge in [0.25, 0.3) is 5.96 Å². The van der Waals surface area contributed by atoms with Crippen molar-refractivity contribution < 1.29 is 21.5 Å². The van der Waals surface area contributed by atoms with Crippen LogP contribution in [0.3, 0.4) is 0 Å². The Labute approximate surface area is 156 Å². The van der Waals surface area contributed by atoms with Crippen LogP contribution in [-0.2, 0) is 0 Å². The third-order valence-corrected chi connectivity index (χ3v) is 4.13. The lowest BCUT2D eigenvalue weighted by Gasteiger charge is -2.42. The minimum absolute atomic E-state index is 0. The van der Waals surface area contributed by atoms with Gasteiger partial charge in [-0.05, 0) is 38.5 Å². The van der Waals surface area contributed by atoms with E-state index in [-0.39, 0.29) is 17.0 Å². The Balaban J connectivity index is 0. The topological polar surface area (TPSA) is 15.6 Å². The Bertz CT molecular complexity index is 269. The monoisotopic (exact) mass is 391 g/mol. The highest BCUT2D eigenvalue weighted by Gasteiger charge is 2.35. The summed E-state index contributed by atoms with van der Waals surface area (Å²) >= 11 is 0. The van der Waals surface area contributed by atoms with Crippen molar-refractivity contribution in [3.8, 4) is 0 Å². The summed E-state index contributed by atoms with van der Waals surface area (Å²) in [6.45, 7) is 20.7.